The summed E-state index contributed by atoms with van der Waals surface area (Å²) in [6.07, 6.45) is 0.474. The number of esters is 1. The van der Waals surface area contributed by atoms with E-state index >= 15 is 0 Å². The molecule has 0 saturated heterocycles. The molecule has 13 heavy (non-hydrogen) atoms. The second-order valence-corrected chi connectivity index (χ2v) is 3.12. The molecule has 0 spiro atoms. The fourth-order valence-electron chi connectivity index (χ4n) is 0.817. The SMILES string of the molecule is CCC(N)(COCCCl)C(=O)OC.[HH]. The Morgan fingerprint density at radius 2 is 2.31 bits per heavy atom. The van der Waals surface area contributed by atoms with Crippen LogP contribution < -0.4 is 5.73 Å². The summed E-state index contributed by atoms with van der Waals surface area (Å²) in [4.78, 5) is 11.2. The summed E-state index contributed by atoms with van der Waals surface area (Å²) in [5.41, 5.74) is 4.71. The summed E-state index contributed by atoms with van der Waals surface area (Å²) >= 11 is 5.41. The predicted octanol–water partition coefficient (Wildman–Crippen LogP) is 0.768. The van der Waals surface area contributed by atoms with Crippen molar-refractivity contribution in [3.05, 3.63) is 0 Å². The van der Waals surface area contributed by atoms with E-state index in [0.717, 1.165) is 0 Å². The van der Waals surface area contributed by atoms with Crippen molar-refractivity contribution in [1.29, 1.82) is 0 Å². The van der Waals surface area contributed by atoms with Crippen LogP contribution in [0.4, 0.5) is 0 Å². The van der Waals surface area contributed by atoms with Crippen LogP contribution in [0.25, 0.3) is 0 Å². The molecule has 0 aromatic heterocycles. The molecule has 0 saturated carbocycles. The first kappa shape index (κ1) is 12.7. The van der Waals surface area contributed by atoms with Crippen LogP contribution in [-0.2, 0) is 14.3 Å². The molecule has 0 aromatic rings. The lowest BCUT2D eigenvalue weighted by Crippen LogP contribution is -2.52. The van der Waals surface area contributed by atoms with Gasteiger partial charge in [-0.2, -0.15) is 0 Å². The Morgan fingerprint density at radius 1 is 1.69 bits per heavy atom. The fraction of sp³-hybridized carbons (Fsp3) is 0.875. The van der Waals surface area contributed by atoms with Gasteiger partial charge in [0.1, 0.15) is 5.54 Å². The Kier molecular flexibility index (Phi) is 6.03. The molecule has 0 aliphatic rings. The van der Waals surface area contributed by atoms with Gasteiger partial charge in [-0.3, -0.25) is 0 Å². The Hall–Kier alpha value is -0.320. The average Bonchev–Trinajstić information content (AvgIpc) is 2.16. The van der Waals surface area contributed by atoms with Crippen molar-refractivity contribution in [1.82, 2.24) is 0 Å². The molecule has 0 radical (unpaired) electrons. The zero-order valence-electron chi connectivity index (χ0n) is 8.01. The van der Waals surface area contributed by atoms with Gasteiger partial charge in [-0.1, -0.05) is 6.92 Å². The lowest BCUT2D eigenvalue weighted by molar-refractivity contribution is -0.149. The maximum Gasteiger partial charge on any atom is 0.328 e. The lowest BCUT2D eigenvalue weighted by Gasteiger charge is -2.24. The van der Waals surface area contributed by atoms with Gasteiger partial charge >= 0.3 is 5.97 Å². The van der Waals surface area contributed by atoms with Crippen LogP contribution in [0.1, 0.15) is 14.8 Å². The molecule has 0 rings (SSSR count). The molecular formula is C8H18ClNO3. The molecule has 0 aliphatic heterocycles. The number of methoxy groups -OCH3 is 1. The third-order valence-electron chi connectivity index (χ3n) is 1.80. The van der Waals surface area contributed by atoms with Gasteiger partial charge in [-0.15, -0.1) is 11.6 Å². The Bertz CT molecular complexity index is 171. The monoisotopic (exact) mass is 211 g/mol. The van der Waals surface area contributed by atoms with Gasteiger partial charge in [0.15, 0.2) is 0 Å². The molecule has 1 unspecified atom stereocenters. The molecule has 0 aliphatic carbocycles. The Balaban J connectivity index is 0. The quantitative estimate of drug-likeness (QED) is 0.401. The summed E-state index contributed by atoms with van der Waals surface area (Å²) < 4.78 is 9.66. The van der Waals surface area contributed by atoms with Crippen molar-refractivity contribution in [2.45, 2.75) is 18.9 Å². The molecule has 0 amide bonds. The second kappa shape index (κ2) is 6.18. The number of halogens is 1. The van der Waals surface area contributed by atoms with E-state index in [1.165, 1.54) is 7.11 Å². The number of nitrogens with two attached hydrogens (primary N) is 1. The third-order valence-corrected chi connectivity index (χ3v) is 1.96. The predicted molar refractivity (Wildman–Crippen MR) is 52.9 cm³/mol. The number of rotatable bonds is 6. The first-order chi connectivity index (χ1) is 6.10. The normalized spacial score (nSPS) is 15.1. The van der Waals surface area contributed by atoms with Crippen molar-refractivity contribution in [2.24, 2.45) is 5.73 Å². The van der Waals surface area contributed by atoms with Gasteiger partial charge in [0.2, 0.25) is 0 Å². The van der Waals surface area contributed by atoms with Crippen molar-refractivity contribution in [3.8, 4) is 0 Å². The minimum atomic E-state index is -1.04. The maximum absolute atomic E-state index is 11.2. The summed E-state index contributed by atoms with van der Waals surface area (Å²) in [6, 6.07) is 0. The highest BCUT2D eigenvalue weighted by Crippen LogP contribution is 2.09. The van der Waals surface area contributed by atoms with E-state index in [9.17, 15) is 4.79 Å². The van der Waals surface area contributed by atoms with Crippen LogP contribution in [0.15, 0.2) is 0 Å². The van der Waals surface area contributed by atoms with Crippen LogP contribution in [0, 0.1) is 0 Å². The molecule has 0 fully saturated rings. The van der Waals surface area contributed by atoms with Crippen molar-refractivity contribution < 1.29 is 15.7 Å². The van der Waals surface area contributed by atoms with Crippen LogP contribution in [0.5, 0.6) is 0 Å². The van der Waals surface area contributed by atoms with Gasteiger partial charge < -0.3 is 15.2 Å². The van der Waals surface area contributed by atoms with Crippen molar-refractivity contribution in [3.63, 3.8) is 0 Å². The van der Waals surface area contributed by atoms with Crippen LogP contribution in [0.3, 0.4) is 0 Å². The van der Waals surface area contributed by atoms with E-state index in [0.29, 0.717) is 18.9 Å². The van der Waals surface area contributed by atoms with Crippen molar-refractivity contribution in [2.75, 3.05) is 26.2 Å². The number of hydrogen-bond donors (Lipinski definition) is 1. The van der Waals surface area contributed by atoms with E-state index in [1.54, 1.807) is 6.92 Å². The van der Waals surface area contributed by atoms with E-state index in [2.05, 4.69) is 4.74 Å². The smallest absolute Gasteiger partial charge is 0.328 e. The maximum atomic E-state index is 11.2. The van der Waals surface area contributed by atoms with E-state index in [1.807, 2.05) is 0 Å². The highest BCUT2D eigenvalue weighted by Gasteiger charge is 2.33. The summed E-state index contributed by atoms with van der Waals surface area (Å²) in [7, 11) is 1.31. The molecule has 4 nitrogen and oxygen atoms in total. The molecule has 0 aromatic carbocycles. The molecular weight excluding hydrogens is 194 g/mol. The van der Waals surface area contributed by atoms with E-state index < -0.39 is 11.5 Å². The van der Waals surface area contributed by atoms with Crippen LogP contribution >= 0.6 is 11.6 Å². The van der Waals surface area contributed by atoms with Crippen molar-refractivity contribution >= 4 is 17.6 Å². The minimum Gasteiger partial charge on any atom is -0.468 e. The first-order valence-electron chi connectivity index (χ1n) is 4.11. The zero-order chi connectivity index (χ0) is 10.3. The molecule has 0 bridgehead atoms. The molecule has 80 valence electrons. The minimum absolute atomic E-state index is 0. The number of hydrogen-bond acceptors (Lipinski definition) is 4. The van der Waals surface area contributed by atoms with Crippen LogP contribution in [-0.4, -0.2) is 37.7 Å². The number of alkyl halides is 1. The number of ether oxygens (including phenoxy) is 2. The molecule has 2 N–H and O–H groups in total. The Labute approximate surface area is 84.8 Å². The summed E-state index contributed by atoms with van der Waals surface area (Å²) in [5.74, 6) is -0.0643. The number of carbonyl (C=O) groups excluding carboxylic acids is 1. The molecule has 0 heterocycles. The zero-order valence-corrected chi connectivity index (χ0v) is 8.76. The molecule has 1 atom stereocenters. The van der Waals surface area contributed by atoms with Gasteiger partial charge in [0.05, 0.1) is 20.3 Å². The highest BCUT2D eigenvalue weighted by molar-refractivity contribution is 6.17. The van der Waals surface area contributed by atoms with Crippen LogP contribution in [0.2, 0.25) is 0 Å². The third kappa shape index (κ3) is 3.93. The Morgan fingerprint density at radius 3 is 2.69 bits per heavy atom. The average molecular weight is 212 g/mol. The second-order valence-electron chi connectivity index (χ2n) is 2.74. The molecule has 5 heteroatoms. The first-order valence-corrected chi connectivity index (χ1v) is 4.65. The highest BCUT2D eigenvalue weighted by atomic mass is 35.5. The summed E-state index contributed by atoms with van der Waals surface area (Å²) in [6.45, 7) is 2.33. The largest absolute Gasteiger partial charge is 0.468 e. The lowest BCUT2D eigenvalue weighted by atomic mass is 9.99. The van der Waals surface area contributed by atoms with E-state index in [4.69, 9.17) is 22.1 Å². The topological polar surface area (TPSA) is 61.5 Å². The van der Waals surface area contributed by atoms with Gasteiger partial charge in [0.25, 0.3) is 0 Å². The number of carbonyl (C=O) groups is 1. The van der Waals surface area contributed by atoms with Gasteiger partial charge in [-0.25, -0.2) is 4.79 Å². The van der Waals surface area contributed by atoms with Gasteiger partial charge in [0, 0.05) is 7.31 Å². The van der Waals surface area contributed by atoms with Gasteiger partial charge in [-0.05, 0) is 6.42 Å². The van der Waals surface area contributed by atoms with E-state index in [-0.39, 0.29) is 8.03 Å². The summed E-state index contributed by atoms with van der Waals surface area (Å²) in [5, 5.41) is 0. The fourth-order valence-corrected chi connectivity index (χ4v) is 0.927. The standard InChI is InChI=1S/C8H16ClNO3.H2/c1-3-8(10,7(11)12-2)6-13-5-4-9;/h3-6,10H2,1-2H3;1H.